The van der Waals surface area contributed by atoms with Crippen LogP contribution >= 0.6 is 0 Å². The van der Waals surface area contributed by atoms with Crippen LogP contribution in [0.1, 0.15) is 71.6 Å². The zero-order valence-corrected chi connectivity index (χ0v) is 17.2. The number of carbonyl (C=O) groups is 2. The van der Waals surface area contributed by atoms with Gasteiger partial charge in [-0.25, -0.2) is 0 Å². The lowest BCUT2D eigenvalue weighted by Gasteiger charge is -2.56. The third kappa shape index (κ3) is 2.71. The van der Waals surface area contributed by atoms with Gasteiger partial charge in [0, 0.05) is 18.3 Å². The SMILES string of the molecule is C#C[C@]1(OC(=O)CCC)C=C[C@H]2[C@@H]3CCC4=CC(=O)CC[C@@H]4[C@H]3CC[C@@]21CC. The first-order valence-electron chi connectivity index (χ1n) is 11.1. The van der Waals surface area contributed by atoms with Crippen molar-refractivity contribution in [2.24, 2.45) is 29.1 Å². The molecule has 4 aliphatic carbocycles. The molecule has 0 amide bonds. The fraction of sp³-hybridized carbons (Fsp3) is 0.680. The predicted molar refractivity (Wildman–Crippen MR) is 109 cm³/mol. The smallest absolute Gasteiger partial charge is 0.307 e. The van der Waals surface area contributed by atoms with E-state index in [1.807, 2.05) is 19.1 Å². The van der Waals surface area contributed by atoms with Gasteiger partial charge in [0.2, 0.25) is 0 Å². The first-order chi connectivity index (χ1) is 13.5. The lowest BCUT2D eigenvalue weighted by molar-refractivity contribution is -0.168. The van der Waals surface area contributed by atoms with E-state index in [2.05, 4.69) is 18.9 Å². The van der Waals surface area contributed by atoms with Crippen LogP contribution in [0.4, 0.5) is 0 Å². The fourth-order valence-corrected chi connectivity index (χ4v) is 6.96. The highest BCUT2D eigenvalue weighted by Crippen LogP contribution is 2.64. The molecule has 4 rings (SSSR count). The molecule has 3 nitrogen and oxygen atoms in total. The Hall–Kier alpha value is -1.82. The maximum Gasteiger partial charge on any atom is 0.307 e. The number of esters is 1. The molecule has 3 heteroatoms. The second-order valence-corrected chi connectivity index (χ2v) is 9.23. The zero-order chi connectivity index (χ0) is 19.9. The molecule has 0 aromatic heterocycles. The molecule has 6 atom stereocenters. The highest BCUT2D eigenvalue weighted by atomic mass is 16.6. The number of ketones is 1. The van der Waals surface area contributed by atoms with Crippen molar-refractivity contribution in [3.05, 3.63) is 23.8 Å². The summed E-state index contributed by atoms with van der Waals surface area (Å²) in [6.45, 7) is 4.19. The third-order valence-corrected chi connectivity index (χ3v) is 8.23. The van der Waals surface area contributed by atoms with Crippen LogP contribution in [-0.4, -0.2) is 17.4 Å². The first-order valence-corrected chi connectivity index (χ1v) is 11.1. The summed E-state index contributed by atoms with van der Waals surface area (Å²) in [5.41, 5.74) is 0.307. The molecule has 0 aliphatic heterocycles. The average Bonchev–Trinajstić information content (AvgIpc) is 3.02. The van der Waals surface area contributed by atoms with Gasteiger partial charge < -0.3 is 4.74 Å². The summed E-state index contributed by atoms with van der Waals surface area (Å²) >= 11 is 0. The molecular weight excluding hydrogens is 348 g/mol. The van der Waals surface area contributed by atoms with Gasteiger partial charge in [0.1, 0.15) is 0 Å². The second-order valence-electron chi connectivity index (χ2n) is 9.23. The highest BCUT2D eigenvalue weighted by Gasteiger charge is 2.63. The summed E-state index contributed by atoms with van der Waals surface area (Å²) in [6, 6.07) is 0. The van der Waals surface area contributed by atoms with Crippen LogP contribution < -0.4 is 0 Å². The molecule has 150 valence electrons. The monoisotopic (exact) mass is 380 g/mol. The van der Waals surface area contributed by atoms with E-state index in [0.29, 0.717) is 42.3 Å². The van der Waals surface area contributed by atoms with Gasteiger partial charge in [0.25, 0.3) is 0 Å². The number of rotatable bonds is 4. The number of terminal acetylenes is 1. The minimum Gasteiger partial charge on any atom is -0.441 e. The van der Waals surface area contributed by atoms with Crippen molar-refractivity contribution in [1.29, 1.82) is 0 Å². The molecule has 0 radical (unpaired) electrons. The van der Waals surface area contributed by atoms with E-state index in [1.54, 1.807) is 0 Å². The molecule has 2 saturated carbocycles. The topological polar surface area (TPSA) is 43.4 Å². The Labute approximate surface area is 169 Å². The Bertz CT molecular complexity index is 769. The van der Waals surface area contributed by atoms with Crippen molar-refractivity contribution >= 4 is 11.8 Å². The van der Waals surface area contributed by atoms with Crippen molar-refractivity contribution in [2.75, 3.05) is 0 Å². The predicted octanol–water partition coefficient (Wildman–Crippen LogP) is 5.01. The van der Waals surface area contributed by atoms with E-state index in [0.717, 1.165) is 44.9 Å². The quantitative estimate of drug-likeness (QED) is 0.391. The van der Waals surface area contributed by atoms with Crippen molar-refractivity contribution in [3.8, 4) is 12.3 Å². The van der Waals surface area contributed by atoms with Gasteiger partial charge in [-0.3, -0.25) is 9.59 Å². The molecule has 0 saturated heterocycles. The minimum absolute atomic E-state index is 0.180. The van der Waals surface area contributed by atoms with Crippen molar-refractivity contribution < 1.29 is 14.3 Å². The molecule has 0 aromatic rings. The molecule has 0 aromatic carbocycles. The zero-order valence-electron chi connectivity index (χ0n) is 17.2. The first kappa shape index (κ1) is 19.5. The Balaban J connectivity index is 1.65. The lowest BCUT2D eigenvalue weighted by Crippen LogP contribution is -2.55. The number of hydrogen-bond donors (Lipinski definition) is 0. The van der Waals surface area contributed by atoms with E-state index < -0.39 is 5.60 Å². The number of fused-ring (bicyclic) bond motifs is 5. The van der Waals surface area contributed by atoms with Crippen LogP contribution in [0.2, 0.25) is 0 Å². The molecular formula is C25H32O3. The number of carbonyl (C=O) groups excluding carboxylic acids is 2. The van der Waals surface area contributed by atoms with Crippen molar-refractivity contribution in [3.63, 3.8) is 0 Å². The fourth-order valence-electron chi connectivity index (χ4n) is 6.96. The largest absolute Gasteiger partial charge is 0.441 e. The molecule has 0 unspecified atom stereocenters. The van der Waals surface area contributed by atoms with E-state index in [4.69, 9.17) is 11.2 Å². The van der Waals surface area contributed by atoms with Crippen molar-refractivity contribution in [2.45, 2.75) is 77.2 Å². The van der Waals surface area contributed by atoms with Gasteiger partial charge >= 0.3 is 5.97 Å². The number of hydrogen-bond acceptors (Lipinski definition) is 3. The number of allylic oxidation sites excluding steroid dienone is 3. The minimum atomic E-state index is -0.901. The normalized spacial score (nSPS) is 41.3. The third-order valence-electron chi connectivity index (χ3n) is 8.23. The van der Waals surface area contributed by atoms with Gasteiger partial charge in [-0.1, -0.05) is 31.4 Å². The van der Waals surface area contributed by atoms with Gasteiger partial charge in [0.05, 0.1) is 0 Å². The van der Waals surface area contributed by atoms with Gasteiger partial charge in [-0.05, 0) is 80.8 Å². The molecule has 0 heterocycles. The molecule has 4 aliphatic rings. The van der Waals surface area contributed by atoms with Crippen LogP contribution in [0.5, 0.6) is 0 Å². The Kier molecular flexibility index (Phi) is 5.02. The van der Waals surface area contributed by atoms with Crippen LogP contribution in [0.3, 0.4) is 0 Å². The molecule has 0 spiro atoms. The van der Waals surface area contributed by atoms with Crippen LogP contribution in [0, 0.1) is 41.4 Å². The van der Waals surface area contributed by atoms with Crippen LogP contribution in [-0.2, 0) is 14.3 Å². The Morgan fingerprint density at radius 3 is 2.79 bits per heavy atom. The van der Waals surface area contributed by atoms with Gasteiger partial charge in [0.15, 0.2) is 11.4 Å². The maximum absolute atomic E-state index is 12.4. The standard InChI is InChI=1S/C25H32O3/c1-4-7-23(27)28-25(6-3)15-13-22-21-10-8-17-16-18(26)9-11-19(17)20(21)12-14-24(22,25)5-2/h3,13,15-16,19-22H,4-5,7-12,14H2,1-2H3/t19-,20+,21+,22-,24-,25-/m0/s1. The summed E-state index contributed by atoms with van der Waals surface area (Å²) in [7, 11) is 0. The Morgan fingerprint density at radius 1 is 1.25 bits per heavy atom. The number of ether oxygens (including phenoxy) is 1. The second kappa shape index (κ2) is 7.21. The maximum atomic E-state index is 12.4. The van der Waals surface area contributed by atoms with Crippen LogP contribution in [0.25, 0.3) is 0 Å². The summed E-state index contributed by atoms with van der Waals surface area (Å²) in [5, 5.41) is 0. The summed E-state index contributed by atoms with van der Waals surface area (Å²) in [6.07, 6.45) is 20.3. The highest BCUT2D eigenvalue weighted by molar-refractivity contribution is 5.91. The molecule has 0 bridgehead atoms. The van der Waals surface area contributed by atoms with E-state index in [1.165, 1.54) is 5.57 Å². The van der Waals surface area contributed by atoms with E-state index in [-0.39, 0.29) is 11.4 Å². The molecule has 2 fully saturated rings. The summed E-state index contributed by atoms with van der Waals surface area (Å²) in [4.78, 5) is 24.3. The van der Waals surface area contributed by atoms with Gasteiger partial charge in [-0.2, -0.15) is 0 Å². The summed E-state index contributed by atoms with van der Waals surface area (Å²) in [5.74, 6) is 5.17. The van der Waals surface area contributed by atoms with Crippen LogP contribution in [0.15, 0.2) is 23.8 Å². The molecule has 28 heavy (non-hydrogen) atoms. The Morgan fingerprint density at radius 2 is 2.07 bits per heavy atom. The van der Waals surface area contributed by atoms with E-state index in [9.17, 15) is 9.59 Å². The summed E-state index contributed by atoms with van der Waals surface area (Å²) < 4.78 is 6.03. The lowest BCUT2D eigenvalue weighted by atomic mass is 9.49. The average molecular weight is 381 g/mol. The van der Waals surface area contributed by atoms with E-state index >= 15 is 0 Å². The van der Waals surface area contributed by atoms with Gasteiger partial charge in [-0.15, -0.1) is 6.42 Å². The van der Waals surface area contributed by atoms with Crippen molar-refractivity contribution in [1.82, 2.24) is 0 Å². The molecule has 0 N–H and O–H groups in total.